The molecule has 0 radical (unpaired) electrons. The van der Waals surface area contributed by atoms with Crippen LogP contribution in [0.5, 0.6) is 5.75 Å². The molecule has 0 saturated heterocycles. The lowest BCUT2D eigenvalue weighted by atomic mass is 10.2. The third-order valence-corrected chi connectivity index (χ3v) is 5.61. The SMILES string of the molecule is CC[C@H](C)NC(=O)CN(CC)S(=O)(=O)c1ccc(OC)c(C)c1. The average molecular weight is 342 g/mol. The van der Waals surface area contributed by atoms with E-state index in [2.05, 4.69) is 5.32 Å². The number of amides is 1. The van der Waals surface area contributed by atoms with Crippen LogP contribution in [0.1, 0.15) is 32.8 Å². The van der Waals surface area contributed by atoms with Crippen molar-refractivity contribution in [1.29, 1.82) is 0 Å². The first-order valence-electron chi connectivity index (χ1n) is 7.70. The van der Waals surface area contributed by atoms with E-state index < -0.39 is 10.0 Å². The molecule has 7 heteroatoms. The standard InChI is InChI=1S/C16H26N2O4S/c1-6-13(4)17-16(19)11-18(7-2)23(20,21)14-8-9-15(22-5)12(3)10-14/h8-10,13H,6-7,11H2,1-5H3,(H,17,19)/t13-/m0/s1. The Labute approximate surface area is 138 Å². The van der Waals surface area contributed by atoms with Gasteiger partial charge in [-0.2, -0.15) is 4.31 Å². The average Bonchev–Trinajstić information content (AvgIpc) is 2.51. The minimum atomic E-state index is -3.72. The van der Waals surface area contributed by atoms with Crippen molar-refractivity contribution in [3.8, 4) is 5.75 Å². The summed E-state index contributed by atoms with van der Waals surface area (Å²) in [5.74, 6) is 0.330. The molecular formula is C16H26N2O4S. The first kappa shape index (κ1) is 19.4. The third kappa shape index (κ3) is 4.94. The second-order valence-corrected chi connectivity index (χ2v) is 7.38. The summed E-state index contributed by atoms with van der Waals surface area (Å²) in [7, 11) is -2.18. The van der Waals surface area contributed by atoms with E-state index in [0.717, 1.165) is 12.0 Å². The van der Waals surface area contributed by atoms with Gasteiger partial charge in [0, 0.05) is 12.6 Å². The zero-order valence-corrected chi connectivity index (χ0v) is 15.2. The number of methoxy groups -OCH3 is 1. The summed E-state index contributed by atoms with van der Waals surface area (Å²) in [6.07, 6.45) is 0.794. The Hall–Kier alpha value is -1.60. The van der Waals surface area contributed by atoms with Gasteiger partial charge in [0.15, 0.2) is 0 Å². The molecule has 0 bridgehead atoms. The quantitative estimate of drug-likeness (QED) is 0.783. The largest absolute Gasteiger partial charge is 0.496 e. The fourth-order valence-corrected chi connectivity index (χ4v) is 3.60. The lowest BCUT2D eigenvalue weighted by Crippen LogP contribution is -2.43. The first-order valence-corrected chi connectivity index (χ1v) is 9.14. The number of sulfonamides is 1. The van der Waals surface area contributed by atoms with Crippen LogP contribution >= 0.6 is 0 Å². The topological polar surface area (TPSA) is 75.7 Å². The number of hydrogen-bond donors (Lipinski definition) is 1. The zero-order chi connectivity index (χ0) is 17.6. The molecule has 1 N–H and O–H groups in total. The van der Waals surface area contributed by atoms with Gasteiger partial charge in [-0.1, -0.05) is 13.8 Å². The maximum absolute atomic E-state index is 12.7. The van der Waals surface area contributed by atoms with Gasteiger partial charge >= 0.3 is 0 Å². The van der Waals surface area contributed by atoms with Crippen LogP contribution in [0.2, 0.25) is 0 Å². The second-order valence-electron chi connectivity index (χ2n) is 5.44. The van der Waals surface area contributed by atoms with E-state index in [9.17, 15) is 13.2 Å². The Morgan fingerprint density at radius 2 is 2.00 bits per heavy atom. The van der Waals surface area contributed by atoms with Gasteiger partial charge in [-0.25, -0.2) is 8.42 Å². The molecule has 0 unspecified atom stereocenters. The predicted molar refractivity (Wildman–Crippen MR) is 90.1 cm³/mol. The molecular weight excluding hydrogens is 316 g/mol. The number of carbonyl (C=O) groups excluding carboxylic acids is 1. The van der Waals surface area contributed by atoms with Crippen LogP contribution in [0.4, 0.5) is 0 Å². The van der Waals surface area contributed by atoms with Crippen LogP contribution in [0, 0.1) is 6.92 Å². The number of aryl methyl sites for hydroxylation is 1. The molecule has 1 atom stereocenters. The summed E-state index contributed by atoms with van der Waals surface area (Å²) >= 11 is 0. The van der Waals surface area contributed by atoms with Gasteiger partial charge in [-0.15, -0.1) is 0 Å². The number of carbonyl (C=O) groups is 1. The summed E-state index contributed by atoms with van der Waals surface area (Å²) in [5.41, 5.74) is 0.730. The molecule has 0 fully saturated rings. The van der Waals surface area contributed by atoms with Gasteiger partial charge in [0.1, 0.15) is 5.75 Å². The van der Waals surface area contributed by atoms with Crippen LogP contribution in [0.25, 0.3) is 0 Å². The highest BCUT2D eigenvalue weighted by Gasteiger charge is 2.26. The summed E-state index contributed by atoms with van der Waals surface area (Å²) in [6, 6.07) is 4.70. The maximum Gasteiger partial charge on any atom is 0.243 e. The molecule has 1 aromatic carbocycles. The molecule has 1 rings (SSSR count). The van der Waals surface area contributed by atoms with Gasteiger partial charge in [0.25, 0.3) is 0 Å². The molecule has 23 heavy (non-hydrogen) atoms. The van der Waals surface area contributed by atoms with Gasteiger partial charge in [0.2, 0.25) is 15.9 Å². The van der Waals surface area contributed by atoms with Crippen LogP contribution in [-0.4, -0.2) is 44.9 Å². The number of hydrogen-bond acceptors (Lipinski definition) is 4. The van der Waals surface area contributed by atoms with E-state index in [1.54, 1.807) is 26.0 Å². The number of likely N-dealkylation sites (N-methyl/N-ethyl adjacent to an activating group) is 1. The van der Waals surface area contributed by atoms with Crippen molar-refractivity contribution in [2.45, 2.75) is 45.1 Å². The summed E-state index contributed by atoms with van der Waals surface area (Å²) < 4.78 is 31.7. The van der Waals surface area contributed by atoms with E-state index in [1.807, 2.05) is 13.8 Å². The molecule has 0 aliphatic rings. The summed E-state index contributed by atoms with van der Waals surface area (Å²) in [4.78, 5) is 12.2. The zero-order valence-electron chi connectivity index (χ0n) is 14.4. The van der Waals surface area contributed by atoms with Gasteiger partial charge in [0.05, 0.1) is 18.6 Å². The van der Waals surface area contributed by atoms with Crippen molar-refractivity contribution in [3.63, 3.8) is 0 Å². The Morgan fingerprint density at radius 1 is 1.35 bits per heavy atom. The molecule has 0 aromatic heterocycles. The van der Waals surface area contributed by atoms with Crippen molar-refractivity contribution < 1.29 is 17.9 Å². The lowest BCUT2D eigenvalue weighted by Gasteiger charge is -2.21. The van der Waals surface area contributed by atoms with Gasteiger partial charge in [-0.3, -0.25) is 4.79 Å². The van der Waals surface area contributed by atoms with Crippen molar-refractivity contribution in [2.75, 3.05) is 20.2 Å². The molecule has 0 aliphatic heterocycles. The highest BCUT2D eigenvalue weighted by molar-refractivity contribution is 7.89. The number of ether oxygens (including phenoxy) is 1. The summed E-state index contributed by atoms with van der Waals surface area (Å²) in [6.45, 7) is 7.37. The smallest absolute Gasteiger partial charge is 0.243 e. The first-order chi connectivity index (χ1) is 10.8. The Bertz CT molecular complexity index is 643. The highest BCUT2D eigenvalue weighted by atomic mass is 32.2. The molecule has 0 heterocycles. The van der Waals surface area contributed by atoms with Crippen molar-refractivity contribution in [1.82, 2.24) is 9.62 Å². The Kier molecular flexibility index (Phi) is 7.02. The van der Waals surface area contributed by atoms with E-state index >= 15 is 0 Å². The van der Waals surface area contributed by atoms with Crippen LogP contribution in [0.15, 0.2) is 23.1 Å². The van der Waals surface area contributed by atoms with E-state index in [-0.39, 0.29) is 29.9 Å². The van der Waals surface area contributed by atoms with Crippen LogP contribution < -0.4 is 10.1 Å². The number of rotatable bonds is 8. The van der Waals surface area contributed by atoms with E-state index in [4.69, 9.17) is 4.74 Å². The van der Waals surface area contributed by atoms with Crippen molar-refractivity contribution in [3.05, 3.63) is 23.8 Å². The van der Waals surface area contributed by atoms with Gasteiger partial charge < -0.3 is 10.1 Å². The predicted octanol–water partition coefficient (Wildman–Crippen LogP) is 1.93. The van der Waals surface area contributed by atoms with Crippen molar-refractivity contribution >= 4 is 15.9 Å². The fraction of sp³-hybridized carbons (Fsp3) is 0.562. The lowest BCUT2D eigenvalue weighted by molar-refractivity contribution is -0.121. The molecule has 130 valence electrons. The summed E-state index contributed by atoms with van der Waals surface area (Å²) in [5, 5.41) is 2.78. The Balaban J connectivity index is 2.99. The fourth-order valence-electron chi connectivity index (χ4n) is 2.11. The molecule has 6 nitrogen and oxygen atoms in total. The van der Waals surface area contributed by atoms with Crippen molar-refractivity contribution in [2.24, 2.45) is 0 Å². The number of nitrogens with zero attached hydrogens (tertiary/aromatic N) is 1. The monoisotopic (exact) mass is 342 g/mol. The minimum Gasteiger partial charge on any atom is -0.496 e. The highest BCUT2D eigenvalue weighted by Crippen LogP contribution is 2.23. The van der Waals surface area contributed by atoms with Gasteiger partial charge in [-0.05, 0) is 44.0 Å². The molecule has 0 saturated carbocycles. The number of benzene rings is 1. The molecule has 1 amide bonds. The van der Waals surface area contributed by atoms with Crippen LogP contribution in [-0.2, 0) is 14.8 Å². The maximum atomic E-state index is 12.7. The van der Waals surface area contributed by atoms with E-state index in [1.165, 1.54) is 17.5 Å². The van der Waals surface area contributed by atoms with E-state index in [0.29, 0.717) is 5.75 Å². The third-order valence-electron chi connectivity index (χ3n) is 3.70. The molecule has 0 aliphatic carbocycles. The normalized spacial score (nSPS) is 13.0. The number of nitrogens with one attached hydrogen (secondary N) is 1. The Morgan fingerprint density at radius 3 is 2.48 bits per heavy atom. The van der Waals surface area contributed by atoms with Crippen LogP contribution in [0.3, 0.4) is 0 Å². The molecule has 1 aromatic rings. The molecule has 0 spiro atoms. The second kappa shape index (κ2) is 8.31. The minimum absolute atomic E-state index is 0.0205.